The van der Waals surface area contributed by atoms with Crippen molar-refractivity contribution in [3.63, 3.8) is 0 Å². The van der Waals surface area contributed by atoms with Crippen molar-refractivity contribution in [1.82, 2.24) is 0 Å². The summed E-state index contributed by atoms with van der Waals surface area (Å²) in [6.45, 7) is 0.764. The summed E-state index contributed by atoms with van der Waals surface area (Å²) in [5.41, 5.74) is 0.789. The summed E-state index contributed by atoms with van der Waals surface area (Å²) in [6.07, 6.45) is 0.936. The van der Waals surface area contributed by atoms with E-state index in [0.29, 0.717) is 11.4 Å². The summed E-state index contributed by atoms with van der Waals surface area (Å²) < 4.78 is 5.05. The highest BCUT2D eigenvalue weighted by molar-refractivity contribution is 6.43. The first kappa shape index (κ1) is 9.13. The molecule has 1 heterocycles. The van der Waals surface area contributed by atoms with Crippen molar-refractivity contribution < 1.29 is 9.84 Å². The first-order valence-corrected chi connectivity index (χ1v) is 4.71. The minimum absolute atomic E-state index is 0.0738. The average molecular weight is 219 g/mol. The van der Waals surface area contributed by atoms with Gasteiger partial charge in [0.15, 0.2) is 0 Å². The van der Waals surface area contributed by atoms with Crippen LogP contribution in [-0.4, -0.2) is 17.8 Å². The number of hydrogen-bond donors (Lipinski definition) is 1. The molecule has 2 nitrogen and oxygen atoms in total. The van der Waals surface area contributed by atoms with Crippen LogP contribution in [0.5, 0.6) is 5.75 Å². The minimum Gasteiger partial charge on any atom is -0.506 e. The fourth-order valence-electron chi connectivity index (χ4n) is 1.18. The third kappa shape index (κ3) is 1.90. The van der Waals surface area contributed by atoms with Crippen LogP contribution >= 0.6 is 23.2 Å². The number of rotatable bonds is 2. The second kappa shape index (κ2) is 3.37. The molecular formula is C9H8Cl2O2. The van der Waals surface area contributed by atoms with Gasteiger partial charge in [0.2, 0.25) is 0 Å². The molecule has 0 aliphatic carbocycles. The Labute approximate surface area is 86.0 Å². The zero-order chi connectivity index (χ0) is 9.42. The van der Waals surface area contributed by atoms with E-state index in [-0.39, 0.29) is 16.9 Å². The summed E-state index contributed by atoms with van der Waals surface area (Å²) in [5.74, 6) is 0.0738. The van der Waals surface area contributed by atoms with E-state index in [1.54, 1.807) is 12.1 Å². The predicted molar refractivity (Wildman–Crippen MR) is 51.6 cm³/mol. The van der Waals surface area contributed by atoms with Crippen LogP contribution in [-0.2, 0) is 11.2 Å². The van der Waals surface area contributed by atoms with Gasteiger partial charge in [0.1, 0.15) is 10.8 Å². The number of ether oxygens (including phenoxy) is 1. The van der Waals surface area contributed by atoms with Gasteiger partial charge in [-0.05, 0) is 11.6 Å². The second-order valence-electron chi connectivity index (χ2n) is 3.03. The lowest BCUT2D eigenvalue weighted by atomic mass is 10.1. The number of halogens is 2. The van der Waals surface area contributed by atoms with E-state index in [0.717, 1.165) is 12.2 Å². The highest BCUT2D eigenvalue weighted by atomic mass is 35.5. The Hall–Kier alpha value is -0.440. The first-order valence-electron chi connectivity index (χ1n) is 3.96. The van der Waals surface area contributed by atoms with Gasteiger partial charge in [-0.3, -0.25) is 0 Å². The summed E-state index contributed by atoms with van der Waals surface area (Å²) in [6, 6.07) is 3.45. The molecule has 13 heavy (non-hydrogen) atoms. The Bertz CT molecular complexity index is 335. The van der Waals surface area contributed by atoms with Crippen LogP contribution in [0.1, 0.15) is 5.56 Å². The maximum Gasteiger partial charge on any atom is 0.138 e. The normalized spacial score (nSPS) is 20.3. The molecule has 4 heteroatoms. The second-order valence-corrected chi connectivity index (χ2v) is 3.81. The van der Waals surface area contributed by atoms with Crippen molar-refractivity contribution in [2.45, 2.75) is 12.5 Å². The van der Waals surface area contributed by atoms with Crippen LogP contribution in [0.15, 0.2) is 12.1 Å². The zero-order valence-electron chi connectivity index (χ0n) is 6.76. The van der Waals surface area contributed by atoms with Crippen LogP contribution in [0.4, 0.5) is 0 Å². The topological polar surface area (TPSA) is 32.8 Å². The molecule has 1 aliphatic heterocycles. The van der Waals surface area contributed by atoms with Crippen molar-refractivity contribution in [3.8, 4) is 5.75 Å². The average Bonchev–Trinajstić information content (AvgIpc) is 2.90. The Morgan fingerprint density at radius 1 is 1.46 bits per heavy atom. The van der Waals surface area contributed by atoms with Gasteiger partial charge in [-0.15, -0.1) is 0 Å². The molecule has 1 saturated heterocycles. The fourth-order valence-corrected chi connectivity index (χ4v) is 1.51. The highest BCUT2D eigenvalue weighted by Crippen LogP contribution is 2.35. The molecule has 0 bridgehead atoms. The van der Waals surface area contributed by atoms with E-state index in [1.165, 1.54) is 0 Å². The third-order valence-corrected chi connectivity index (χ3v) is 2.80. The van der Waals surface area contributed by atoms with Gasteiger partial charge in [-0.1, -0.05) is 29.3 Å². The Morgan fingerprint density at radius 2 is 2.15 bits per heavy atom. The number of phenolic OH excluding ortho intramolecular Hbond substituents is 1. The molecule has 70 valence electrons. The van der Waals surface area contributed by atoms with Crippen molar-refractivity contribution in [2.24, 2.45) is 0 Å². The smallest absolute Gasteiger partial charge is 0.138 e. The molecule has 1 aliphatic rings. The van der Waals surface area contributed by atoms with Crippen molar-refractivity contribution in [1.29, 1.82) is 0 Å². The molecule has 1 aromatic carbocycles. The van der Waals surface area contributed by atoms with Gasteiger partial charge in [-0.2, -0.15) is 0 Å². The summed E-state index contributed by atoms with van der Waals surface area (Å²) >= 11 is 11.5. The van der Waals surface area contributed by atoms with Crippen molar-refractivity contribution in [2.75, 3.05) is 6.61 Å². The van der Waals surface area contributed by atoms with Crippen molar-refractivity contribution in [3.05, 3.63) is 27.7 Å². The van der Waals surface area contributed by atoms with Gasteiger partial charge in [0, 0.05) is 6.42 Å². The van der Waals surface area contributed by atoms with Gasteiger partial charge < -0.3 is 9.84 Å². The Balaban J connectivity index is 2.29. The van der Waals surface area contributed by atoms with E-state index < -0.39 is 0 Å². The van der Waals surface area contributed by atoms with E-state index in [2.05, 4.69) is 0 Å². The van der Waals surface area contributed by atoms with Crippen LogP contribution in [0, 0.1) is 0 Å². The van der Waals surface area contributed by atoms with Crippen LogP contribution in [0.3, 0.4) is 0 Å². The molecule has 1 aromatic rings. The van der Waals surface area contributed by atoms with E-state index in [9.17, 15) is 5.11 Å². The molecule has 1 unspecified atom stereocenters. The zero-order valence-corrected chi connectivity index (χ0v) is 8.27. The number of epoxide rings is 1. The Morgan fingerprint density at radius 3 is 2.77 bits per heavy atom. The largest absolute Gasteiger partial charge is 0.506 e. The monoisotopic (exact) mass is 218 g/mol. The fraction of sp³-hybridized carbons (Fsp3) is 0.333. The summed E-state index contributed by atoms with van der Waals surface area (Å²) in [4.78, 5) is 0. The lowest BCUT2D eigenvalue weighted by Crippen LogP contribution is -1.93. The van der Waals surface area contributed by atoms with Crippen LogP contribution in [0.2, 0.25) is 10.0 Å². The van der Waals surface area contributed by atoms with Gasteiger partial charge in [-0.25, -0.2) is 0 Å². The SMILES string of the molecule is Oc1c(CC2CO2)ccc(Cl)c1Cl. The quantitative estimate of drug-likeness (QED) is 0.775. The first-order chi connectivity index (χ1) is 6.18. The molecule has 2 rings (SSSR count). The maximum absolute atomic E-state index is 9.58. The van der Waals surface area contributed by atoms with Gasteiger partial charge in [0.25, 0.3) is 0 Å². The van der Waals surface area contributed by atoms with E-state index in [1.807, 2.05) is 0 Å². The minimum atomic E-state index is 0.0738. The van der Waals surface area contributed by atoms with Crippen LogP contribution in [0.25, 0.3) is 0 Å². The molecule has 0 amide bonds. The maximum atomic E-state index is 9.58. The molecule has 0 aromatic heterocycles. The molecule has 1 N–H and O–H groups in total. The molecular weight excluding hydrogens is 211 g/mol. The summed E-state index contributed by atoms with van der Waals surface area (Å²) in [5, 5.41) is 10.2. The molecule has 0 saturated carbocycles. The number of aromatic hydroxyl groups is 1. The number of hydrogen-bond acceptors (Lipinski definition) is 2. The third-order valence-electron chi connectivity index (χ3n) is 2.00. The lowest BCUT2D eigenvalue weighted by Gasteiger charge is -2.05. The van der Waals surface area contributed by atoms with Crippen molar-refractivity contribution >= 4 is 23.2 Å². The van der Waals surface area contributed by atoms with Gasteiger partial charge >= 0.3 is 0 Å². The number of phenols is 1. The van der Waals surface area contributed by atoms with Crippen LogP contribution < -0.4 is 0 Å². The molecule has 0 radical (unpaired) electrons. The highest BCUT2D eigenvalue weighted by Gasteiger charge is 2.24. The molecule has 1 atom stereocenters. The molecule has 0 spiro atoms. The summed E-state index contributed by atoms with van der Waals surface area (Å²) in [7, 11) is 0. The van der Waals surface area contributed by atoms with Gasteiger partial charge in [0.05, 0.1) is 17.7 Å². The standard InChI is InChI=1S/C9H8Cl2O2/c10-7-2-1-5(3-6-4-13-6)9(12)8(7)11/h1-2,6,12H,3-4H2. The number of benzene rings is 1. The predicted octanol–water partition coefficient (Wildman–Crippen LogP) is 2.64. The Kier molecular flexibility index (Phi) is 2.37. The molecule has 1 fully saturated rings. The van der Waals surface area contributed by atoms with E-state index >= 15 is 0 Å². The van der Waals surface area contributed by atoms with E-state index in [4.69, 9.17) is 27.9 Å². The lowest BCUT2D eigenvalue weighted by molar-refractivity contribution is 0.402.